The van der Waals surface area contributed by atoms with Gasteiger partial charge in [-0.05, 0) is 24.6 Å². The number of aromatic nitrogens is 1. The number of nitrogens with one attached hydrogen (secondary N) is 1. The summed E-state index contributed by atoms with van der Waals surface area (Å²) in [5, 5.41) is 3.06. The Labute approximate surface area is 93.1 Å². The zero-order valence-corrected chi connectivity index (χ0v) is 9.08. The highest BCUT2D eigenvalue weighted by molar-refractivity contribution is 6.16. The molecule has 1 N–H and O–H groups in total. The van der Waals surface area contributed by atoms with Crippen LogP contribution in [-0.2, 0) is 5.88 Å². The molecule has 0 amide bonds. The van der Waals surface area contributed by atoms with Gasteiger partial charge in [0.15, 0.2) is 0 Å². The molecular weight excluding hydrogens is 212 g/mol. The molecule has 0 unspecified atom stereocenters. The fraction of sp³-hybridized carbons (Fsp3) is 0.182. The summed E-state index contributed by atoms with van der Waals surface area (Å²) in [4.78, 5) is 4.14. The van der Waals surface area contributed by atoms with Gasteiger partial charge in [0.2, 0.25) is 0 Å². The van der Waals surface area contributed by atoms with Crippen molar-refractivity contribution in [1.82, 2.24) is 4.98 Å². The molecule has 0 aliphatic rings. The Morgan fingerprint density at radius 1 is 1.47 bits per heavy atom. The molecule has 1 heterocycles. The van der Waals surface area contributed by atoms with Crippen molar-refractivity contribution in [3.63, 3.8) is 0 Å². The first kappa shape index (κ1) is 10.1. The van der Waals surface area contributed by atoms with Crippen LogP contribution in [0.1, 0.15) is 11.3 Å². The largest absolute Gasteiger partial charge is 0.432 e. The van der Waals surface area contributed by atoms with Crippen LogP contribution in [0.15, 0.2) is 34.9 Å². The topological polar surface area (TPSA) is 38.1 Å². The Morgan fingerprint density at radius 3 is 3.00 bits per heavy atom. The van der Waals surface area contributed by atoms with E-state index in [1.165, 1.54) is 5.56 Å². The summed E-state index contributed by atoms with van der Waals surface area (Å²) >= 11 is 5.62. The fourth-order valence-corrected chi connectivity index (χ4v) is 1.39. The second-order valence-electron chi connectivity index (χ2n) is 3.27. The lowest BCUT2D eigenvalue weighted by atomic mass is 10.2. The molecule has 0 bridgehead atoms. The summed E-state index contributed by atoms with van der Waals surface area (Å²) in [5.74, 6) is 0.360. The normalized spacial score (nSPS) is 10.3. The quantitative estimate of drug-likeness (QED) is 0.809. The number of benzene rings is 1. The molecule has 0 atom stereocenters. The third-order valence-electron chi connectivity index (χ3n) is 1.96. The number of alkyl halides is 1. The predicted octanol–water partition coefficient (Wildman–Crippen LogP) is 3.47. The standard InChI is InChI=1S/C11H11ClN2O/c1-8-3-2-4-9(5-8)13-11-14-10(6-12)7-15-11/h2-5,7H,6H2,1H3,(H,13,14). The van der Waals surface area contributed by atoms with E-state index in [2.05, 4.69) is 10.3 Å². The van der Waals surface area contributed by atoms with Crippen LogP contribution in [0.3, 0.4) is 0 Å². The van der Waals surface area contributed by atoms with E-state index >= 15 is 0 Å². The van der Waals surface area contributed by atoms with Crippen LogP contribution in [0.2, 0.25) is 0 Å². The van der Waals surface area contributed by atoms with E-state index in [0.29, 0.717) is 11.9 Å². The van der Waals surface area contributed by atoms with Crippen LogP contribution in [-0.4, -0.2) is 4.98 Å². The minimum Gasteiger partial charge on any atom is -0.432 e. The number of aryl methyl sites for hydroxylation is 1. The molecule has 0 spiro atoms. The minimum atomic E-state index is 0.360. The Hall–Kier alpha value is -1.48. The van der Waals surface area contributed by atoms with Crippen molar-refractivity contribution in [1.29, 1.82) is 0 Å². The summed E-state index contributed by atoms with van der Waals surface area (Å²) in [6.07, 6.45) is 1.55. The lowest BCUT2D eigenvalue weighted by Gasteiger charge is -2.01. The van der Waals surface area contributed by atoms with Crippen molar-refractivity contribution >= 4 is 23.3 Å². The molecule has 0 aliphatic carbocycles. The summed E-state index contributed by atoms with van der Waals surface area (Å²) in [6.45, 7) is 2.03. The smallest absolute Gasteiger partial charge is 0.299 e. The molecule has 4 heteroatoms. The fourth-order valence-electron chi connectivity index (χ4n) is 1.27. The molecular formula is C11H11ClN2O. The van der Waals surface area contributed by atoms with Crippen molar-refractivity contribution in [2.24, 2.45) is 0 Å². The van der Waals surface area contributed by atoms with Crippen molar-refractivity contribution in [3.8, 4) is 0 Å². The second-order valence-corrected chi connectivity index (χ2v) is 3.54. The molecule has 15 heavy (non-hydrogen) atoms. The van der Waals surface area contributed by atoms with E-state index in [4.69, 9.17) is 16.0 Å². The molecule has 2 aromatic rings. The molecule has 0 saturated carbocycles. The van der Waals surface area contributed by atoms with Crippen molar-refractivity contribution in [2.45, 2.75) is 12.8 Å². The van der Waals surface area contributed by atoms with Gasteiger partial charge in [0.25, 0.3) is 6.01 Å². The van der Waals surface area contributed by atoms with Gasteiger partial charge in [0.1, 0.15) is 6.26 Å². The molecule has 3 nitrogen and oxygen atoms in total. The maximum absolute atomic E-state index is 5.62. The van der Waals surface area contributed by atoms with Gasteiger partial charge in [-0.15, -0.1) is 11.6 Å². The minimum absolute atomic E-state index is 0.360. The van der Waals surface area contributed by atoms with E-state index in [9.17, 15) is 0 Å². The van der Waals surface area contributed by atoms with Gasteiger partial charge in [-0.2, -0.15) is 4.98 Å². The lowest BCUT2D eigenvalue weighted by molar-refractivity contribution is 0.576. The van der Waals surface area contributed by atoms with Gasteiger partial charge in [0, 0.05) is 5.69 Å². The first-order valence-corrected chi connectivity index (χ1v) is 5.15. The van der Waals surface area contributed by atoms with Gasteiger partial charge in [-0.25, -0.2) is 0 Å². The Kier molecular flexibility index (Phi) is 2.92. The number of nitrogens with zero attached hydrogens (tertiary/aromatic N) is 1. The average molecular weight is 223 g/mol. The second kappa shape index (κ2) is 4.36. The molecule has 2 rings (SSSR count). The number of hydrogen-bond donors (Lipinski definition) is 1. The highest BCUT2D eigenvalue weighted by Crippen LogP contribution is 2.17. The van der Waals surface area contributed by atoms with Crippen LogP contribution in [0.4, 0.5) is 11.7 Å². The zero-order valence-electron chi connectivity index (χ0n) is 8.33. The van der Waals surface area contributed by atoms with Crippen LogP contribution in [0.5, 0.6) is 0 Å². The first-order chi connectivity index (χ1) is 7.28. The van der Waals surface area contributed by atoms with Crippen molar-refractivity contribution < 1.29 is 4.42 Å². The van der Waals surface area contributed by atoms with E-state index in [0.717, 1.165) is 11.4 Å². The highest BCUT2D eigenvalue weighted by atomic mass is 35.5. The average Bonchev–Trinajstić information content (AvgIpc) is 2.65. The summed E-state index contributed by atoms with van der Waals surface area (Å²) in [5.41, 5.74) is 2.87. The molecule has 0 aliphatic heterocycles. The number of hydrogen-bond acceptors (Lipinski definition) is 3. The SMILES string of the molecule is Cc1cccc(Nc2nc(CCl)co2)c1. The summed E-state index contributed by atoms with van der Waals surface area (Å²) in [7, 11) is 0. The van der Waals surface area contributed by atoms with Gasteiger partial charge in [-0.3, -0.25) is 0 Å². The maximum Gasteiger partial charge on any atom is 0.299 e. The Balaban J connectivity index is 2.14. The van der Waals surface area contributed by atoms with E-state index in [1.807, 2.05) is 31.2 Å². The van der Waals surface area contributed by atoms with Gasteiger partial charge < -0.3 is 9.73 Å². The molecule has 1 aromatic heterocycles. The first-order valence-electron chi connectivity index (χ1n) is 4.62. The molecule has 0 fully saturated rings. The lowest BCUT2D eigenvalue weighted by Crippen LogP contribution is -1.90. The third kappa shape index (κ3) is 2.50. The maximum atomic E-state index is 5.62. The Bertz CT molecular complexity index is 453. The van der Waals surface area contributed by atoms with E-state index < -0.39 is 0 Å². The highest BCUT2D eigenvalue weighted by Gasteiger charge is 2.02. The van der Waals surface area contributed by atoms with Crippen molar-refractivity contribution in [3.05, 3.63) is 41.8 Å². The summed E-state index contributed by atoms with van der Waals surface area (Å²) in [6, 6.07) is 8.45. The number of rotatable bonds is 3. The molecule has 1 aromatic carbocycles. The van der Waals surface area contributed by atoms with Crippen LogP contribution >= 0.6 is 11.6 Å². The van der Waals surface area contributed by atoms with Crippen LogP contribution < -0.4 is 5.32 Å². The number of anilines is 2. The Morgan fingerprint density at radius 2 is 2.33 bits per heavy atom. The number of halogens is 1. The van der Waals surface area contributed by atoms with Crippen LogP contribution in [0.25, 0.3) is 0 Å². The summed E-state index contributed by atoms with van der Waals surface area (Å²) < 4.78 is 5.19. The van der Waals surface area contributed by atoms with Gasteiger partial charge in [0.05, 0.1) is 11.6 Å². The van der Waals surface area contributed by atoms with Crippen LogP contribution in [0, 0.1) is 6.92 Å². The van der Waals surface area contributed by atoms with E-state index in [1.54, 1.807) is 6.26 Å². The number of oxazole rings is 1. The van der Waals surface area contributed by atoms with E-state index in [-0.39, 0.29) is 0 Å². The van der Waals surface area contributed by atoms with Crippen molar-refractivity contribution in [2.75, 3.05) is 5.32 Å². The van der Waals surface area contributed by atoms with Gasteiger partial charge in [-0.1, -0.05) is 12.1 Å². The molecule has 78 valence electrons. The predicted molar refractivity (Wildman–Crippen MR) is 60.5 cm³/mol. The third-order valence-corrected chi connectivity index (χ3v) is 2.23. The molecule has 0 saturated heterocycles. The zero-order chi connectivity index (χ0) is 10.7. The van der Waals surface area contributed by atoms with Gasteiger partial charge >= 0.3 is 0 Å². The monoisotopic (exact) mass is 222 g/mol. The molecule has 0 radical (unpaired) electrons.